The van der Waals surface area contributed by atoms with Gasteiger partial charge in [0.05, 0.1) is 19.3 Å². The summed E-state index contributed by atoms with van der Waals surface area (Å²) >= 11 is 0. The Morgan fingerprint density at radius 3 is 3.10 bits per heavy atom. The lowest BCUT2D eigenvalue weighted by atomic mass is 9.92. The molecule has 0 unspecified atom stereocenters. The molecule has 0 aromatic heterocycles. The van der Waals surface area contributed by atoms with E-state index in [1.54, 1.807) is 7.11 Å². The van der Waals surface area contributed by atoms with Gasteiger partial charge in [-0.05, 0) is 38.0 Å². The van der Waals surface area contributed by atoms with E-state index < -0.39 is 0 Å². The highest BCUT2D eigenvalue weighted by molar-refractivity contribution is 5.94. The zero-order valence-corrected chi connectivity index (χ0v) is 12.0. The molecular formula is C16H21NO3. The summed E-state index contributed by atoms with van der Waals surface area (Å²) in [6.07, 6.45) is 2.69. The van der Waals surface area contributed by atoms with Crippen molar-refractivity contribution in [3.8, 4) is 5.75 Å². The van der Waals surface area contributed by atoms with Gasteiger partial charge in [-0.25, -0.2) is 0 Å². The molecule has 0 N–H and O–H groups in total. The van der Waals surface area contributed by atoms with Crippen molar-refractivity contribution in [2.75, 3.05) is 20.2 Å². The van der Waals surface area contributed by atoms with Gasteiger partial charge in [-0.2, -0.15) is 0 Å². The van der Waals surface area contributed by atoms with E-state index in [1.807, 2.05) is 29.2 Å². The zero-order valence-electron chi connectivity index (χ0n) is 12.0. The van der Waals surface area contributed by atoms with Gasteiger partial charge < -0.3 is 14.4 Å². The minimum atomic E-state index is 0.0990. The van der Waals surface area contributed by atoms with Gasteiger partial charge in [0, 0.05) is 24.6 Å². The number of hydrogen-bond acceptors (Lipinski definition) is 3. The van der Waals surface area contributed by atoms with Crippen LogP contribution in [0.3, 0.4) is 0 Å². The molecule has 2 heterocycles. The van der Waals surface area contributed by atoms with Crippen molar-refractivity contribution in [1.82, 2.24) is 4.90 Å². The van der Waals surface area contributed by atoms with Crippen LogP contribution in [0.25, 0.3) is 0 Å². The third-order valence-electron chi connectivity index (χ3n) is 4.31. The fourth-order valence-corrected chi connectivity index (χ4v) is 3.32. The van der Waals surface area contributed by atoms with Crippen molar-refractivity contribution in [3.63, 3.8) is 0 Å². The van der Waals surface area contributed by atoms with Crippen LogP contribution in [-0.4, -0.2) is 43.2 Å². The number of hydrogen-bond donors (Lipinski definition) is 0. The lowest BCUT2D eigenvalue weighted by Gasteiger charge is -2.34. The summed E-state index contributed by atoms with van der Waals surface area (Å²) in [6.45, 7) is 3.71. The molecular weight excluding hydrogens is 254 g/mol. The molecule has 4 nitrogen and oxygen atoms in total. The van der Waals surface area contributed by atoms with Gasteiger partial charge in [0.15, 0.2) is 0 Å². The molecule has 2 aliphatic heterocycles. The topological polar surface area (TPSA) is 38.8 Å². The predicted molar refractivity (Wildman–Crippen MR) is 76.0 cm³/mol. The number of methoxy groups -OCH3 is 1. The molecule has 0 spiro atoms. The van der Waals surface area contributed by atoms with Crippen molar-refractivity contribution in [3.05, 3.63) is 29.8 Å². The van der Waals surface area contributed by atoms with Gasteiger partial charge in [0.25, 0.3) is 5.91 Å². The van der Waals surface area contributed by atoms with Crippen molar-refractivity contribution in [2.45, 2.75) is 32.0 Å². The Morgan fingerprint density at radius 2 is 2.30 bits per heavy atom. The van der Waals surface area contributed by atoms with E-state index in [2.05, 4.69) is 6.92 Å². The van der Waals surface area contributed by atoms with E-state index in [0.29, 0.717) is 23.7 Å². The Bertz CT molecular complexity index is 502. The molecule has 3 rings (SSSR count). The molecule has 2 saturated heterocycles. The van der Waals surface area contributed by atoms with Crippen LogP contribution in [0.4, 0.5) is 0 Å². The van der Waals surface area contributed by atoms with E-state index >= 15 is 0 Å². The van der Waals surface area contributed by atoms with Crippen LogP contribution in [0, 0.1) is 5.92 Å². The Labute approximate surface area is 119 Å². The van der Waals surface area contributed by atoms with Gasteiger partial charge in [0.2, 0.25) is 0 Å². The van der Waals surface area contributed by atoms with E-state index in [1.165, 1.54) is 0 Å². The molecule has 3 atom stereocenters. The molecule has 2 aliphatic rings. The molecule has 1 aromatic carbocycles. The van der Waals surface area contributed by atoms with E-state index in [9.17, 15) is 4.79 Å². The number of amides is 1. The van der Waals surface area contributed by atoms with Crippen molar-refractivity contribution >= 4 is 5.91 Å². The number of carbonyl (C=O) groups is 1. The quantitative estimate of drug-likeness (QED) is 0.831. The molecule has 20 heavy (non-hydrogen) atoms. The van der Waals surface area contributed by atoms with Crippen LogP contribution in [0.1, 0.15) is 30.1 Å². The van der Waals surface area contributed by atoms with Gasteiger partial charge in [-0.3, -0.25) is 4.79 Å². The number of piperidine rings is 1. The zero-order chi connectivity index (χ0) is 14.1. The van der Waals surface area contributed by atoms with Crippen LogP contribution in [0.5, 0.6) is 5.75 Å². The second-order valence-corrected chi connectivity index (χ2v) is 5.75. The van der Waals surface area contributed by atoms with Crippen LogP contribution in [0.15, 0.2) is 24.3 Å². The minimum Gasteiger partial charge on any atom is -0.497 e. The van der Waals surface area contributed by atoms with Crippen LogP contribution in [-0.2, 0) is 4.74 Å². The summed E-state index contributed by atoms with van der Waals surface area (Å²) in [5.41, 5.74) is 0.703. The first kappa shape index (κ1) is 13.4. The monoisotopic (exact) mass is 275 g/mol. The van der Waals surface area contributed by atoms with E-state index in [4.69, 9.17) is 9.47 Å². The van der Waals surface area contributed by atoms with Gasteiger partial charge in [-0.15, -0.1) is 0 Å². The third-order valence-corrected chi connectivity index (χ3v) is 4.31. The minimum absolute atomic E-state index is 0.0990. The smallest absolute Gasteiger partial charge is 0.254 e. The lowest BCUT2D eigenvalue weighted by molar-refractivity contribution is 0.00864. The molecule has 0 radical (unpaired) electrons. The number of benzene rings is 1. The Hall–Kier alpha value is -1.55. The lowest BCUT2D eigenvalue weighted by Crippen LogP contribution is -2.44. The molecule has 2 fully saturated rings. The van der Waals surface area contributed by atoms with Crippen LogP contribution in [0.2, 0.25) is 0 Å². The fraction of sp³-hybridized carbons (Fsp3) is 0.562. The number of likely N-dealkylation sites (tertiary alicyclic amines) is 1. The molecule has 0 saturated carbocycles. The first-order valence-electron chi connectivity index (χ1n) is 7.26. The van der Waals surface area contributed by atoms with Crippen molar-refractivity contribution < 1.29 is 14.3 Å². The maximum Gasteiger partial charge on any atom is 0.254 e. The first-order valence-corrected chi connectivity index (χ1v) is 7.26. The maximum absolute atomic E-state index is 12.6. The van der Waals surface area contributed by atoms with Crippen molar-refractivity contribution in [1.29, 1.82) is 0 Å². The highest BCUT2D eigenvalue weighted by Gasteiger charge is 2.38. The molecule has 0 aliphatic carbocycles. The Morgan fingerprint density at radius 1 is 1.45 bits per heavy atom. The number of carbonyl (C=O) groups excluding carboxylic acids is 1. The summed E-state index contributed by atoms with van der Waals surface area (Å²) in [5.74, 6) is 1.32. The first-order chi connectivity index (χ1) is 9.67. The van der Waals surface area contributed by atoms with Gasteiger partial charge in [-0.1, -0.05) is 6.07 Å². The van der Waals surface area contributed by atoms with E-state index in [0.717, 1.165) is 31.7 Å². The number of rotatable bonds is 2. The second-order valence-electron chi connectivity index (χ2n) is 5.75. The Balaban J connectivity index is 1.71. The van der Waals surface area contributed by atoms with Gasteiger partial charge in [0.1, 0.15) is 5.75 Å². The van der Waals surface area contributed by atoms with Crippen LogP contribution < -0.4 is 4.74 Å². The highest BCUT2D eigenvalue weighted by Crippen LogP contribution is 2.33. The SMILES string of the molecule is COc1cccc(C(=O)N2CC[C@@H]3O[C@H](C)C[C@@H]3C2)c1. The van der Waals surface area contributed by atoms with Crippen LogP contribution >= 0.6 is 0 Å². The van der Waals surface area contributed by atoms with E-state index in [-0.39, 0.29) is 5.91 Å². The number of nitrogens with zero attached hydrogens (tertiary/aromatic N) is 1. The van der Waals surface area contributed by atoms with Gasteiger partial charge >= 0.3 is 0 Å². The summed E-state index contributed by atoms with van der Waals surface area (Å²) in [4.78, 5) is 14.5. The summed E-state index contributed by atoms with van der Waals surface area (Å²) in [6, 6.07) is 7.38. The fourth-order valence-electron chi connectivity index (χ4n) is 3.32. The van der Waals surface area contributed by atoms with Crippen molar-refractivity contribution in [2.24, 2.45) is 5.92 Å². The summed E-state index contributed by atoms with van der Waals surface area (Å²) in [7, 11) is 1.62. The average molecular weight is 275 g/mol. The normalized spacial score (nSPS) is 29.1. The highest BCUT2D eigenvalue weighted by atomic mass is 16.5. The molecule has 0 bridgehead atoms. The average Bonchev–Trinajstić information content (AvgIpc) is 2.85. The molecule has 1 aromatic rings. The standard InChI is InChI=1S/C16H21NO3/c1-11-8-13-10-17(7-6-15(13)20-11)16(18)12-4-3-5-14(9-12)19-2/h3-5,9,11,13,15H,6-8,10H2,1-2H3/t11-,13-,15+/m1/s1. The summed E-state index contributed by atoms with van der Waals surface area (Å²) < 4.78 is 11.1. The number of fused-ring (bicyclic) bond motifs is 1. The number of ether oxygens (including phenoxy) is 2. The third kappa shape index (κ3) is 2.52. The maximum atomic E-state index is 12.6. The summed E-state index contributed by atoms with van der Waals surface area (Å²) in [5, 5.41) is 0. The Kier molecular flexibility index (Phi) is 3.66. The molecule has 4 heteroatoms. The predicted octanol–water partition coefficient (Wildman–Crippen LogP) is 2.33. The second kappa shape index (κ2) is 5.44. The molecule has 1 amide bonds. The molecule has 108 valence electrons. The largest absolute Gasteiger partial charge is 0.497 e.